The molecule has 0 aromatic carbocycles. The topological polar surface area (TPSA) is 94.1 Å². The second-order valence-electron chi connectivity index (χ2n) is 22.6. The van der Waals surface area contributed by atoms with Crippen molar-refractivity contribution in [3.8, 4) is 0 Å². The van der Waals surface area contributed by atoms with Crippen LogP contribution in [0.2, 0.25) is 44.3 Å². The third-order valence-corrected chi connectivity index (χ3v) is 44.4. The summed E-state index contributed by atoms with van der Waals surface area (Å²) >= 11 is 0. The molecule has 9 fully saturated rings. The molecule has 1 saturated heterocycles. The highest BCUT2D eigenvalue weighted by Crippen LogP contribution is 2.66. The van der Waals surface area contributed by atoms with Crippen molar-refractivity contribution in [3.05, 3.63) is 0 Å². The number of hydrogen-bond acceptors (Lipinski definition) is 7. The molecular weight excluding hydrogens is 833 g/mol. The van der Waals surface area contributed by atoms with Crippen LogP contribution in [0.1, 0.15) is 250 Å². The van der Waals surface area contributed by atoms with Crippen LogP contribution in [0.3, 0.4) is 0 Å². The van der Waals surface area contributed by atoms with Gasteiger partial charge in [-0.2, -0.15) is 0 Å². The summed E-state index contributed by atoms with van der Waals surface area (Å²) in [4.78, 5) is 0. The van der Waals surface area contributed by atoms with Crippen LogP contribution in [0.4, 0.5) is 0 Å². The summed E-state index contributed by atoms with van der Waals surface area (Å²) in [5.74, 6) is 0. The first kappa shape index (κ1) is 45.8. The van der Waals surface area contributed by atoms with E-state index >= 15 is 0 Å². The molecule has 344 valence electrons. The standard InChI is InChI=1S/C48H88O7SSi4/c49-56(50,51)40-36-38-48(39-37-40)60(47-34-20-7-21-35-47)54-58(43-26-12-3-13-27-43,44-28-14-4-15-29-44)52-57(41-22-8-1-9-23-41,42-24-10-2-11-25-42)53-59(55-60,45-30-16-5-17-31-45)46-32-18-6-19-33-46/h40-48H,1-39H2,(H,49,50,51)/p-1. The Balaban J connectivity index is 1.31. The molecule has 9 aliphatic rings. The van der Waals surface area contributed by atoms with Crippen LogP contribution in [0.15, 0.2) is 0 Å². The summed E-state index contributed by atoms with van der Waals surface area (Å²) in [6.07, 6.45) is 47.7. The van der Waals surface area contributed by atoms with E-state index in [0.29, 0.717) is 51.6 Å². The molecule has 0 amide bonds. The largest absolute Gasteiger partial charge is 0.748 e. The van der Waals surface area contributed by atoms with Crippen LogP contribution in [0, 0.1) is 0 Å². The predicted molar refractivity (Wildman–Crippen MR) is 251 cm³/mol. The van der Waals surface area contributed by atoms with Gasteiger partial charge in [0.1, 0.15) is 0 Å². The smallest absolute Gasteiger partial charge is 0.327 e. The molecule has 8 aliphatic carbocycles. The molecule has 0 N–H and O–H groups in total. The first-order valence-corrected chi connectivity index (χ1v) is 36.4. The van der Waals surface area contributed by atoms with Crippen LogP contribution >= 0.6 is 0 Å². The molecule has 1 heterocycles. The van der Waals surface area contributed by atoms with Crippen molar-refractivity contribution in [2.24, 2.45) is 0 Å². The van der Waals surface area contributed by atoms with E-state index in [0.717, 1.165) is 12.8 Å². The van der Waals surface area contributed by atoms with Gasteiger partial charge in [-0.25, -0.2) is 8.42 Å². The van der Waals surface area contributed by atoms with Crippen LogP contribution in [0.25, 0.3) is 0 Å². The molecule has 0 aromatic rings. The van der Waals surface area contributed by atoms with Crippen molar-refractivity contribution < 1.29 is 29.4 Å². The monoisotopic (exact) mass is 920 g/mol. The molecule has 12 heteroatoms. The first-order chi connectivity index (χ1) is 29.3. The molecule has 0 aromatic heterocycles. The molecule has 9 rings (SSSR count). The average molecular weight is 921 g/mol. The third kappa shape index (κ3) is 9.30. The molecule has 0 spiro atoms. The predicted octanol–water partition coefficient (Wildman–Crippen LogP) is 15.0. The van der Waals surface area contributed by atoms with Crippen LogP contribution in [0.5, 0.6) is 0 Å². The van der Waals surface area contributed by atoms with Crippen molar-refractivity contribution in [2.45, 2.75) is 300 Å². The molecule has 7 nitrogen and oxygen atoms in total. The maximum Gasteiger partial charge on any atom is 0.327 e. The fraction of sp³-hybridized carbons (Fsp3) is 1.00. The van der Waals surface area contributed by atoms with E-state index in [4.69, 9.17) is 0 Å². The van der Waals surface area contributed by atoms with Crippen molar-refractivity contribution >= 4 is 44.4 Å². The van der Waals surface area contributed by atoms with Crippen molar-refractivity contribution in [1.29, 1.82) is 0 Å². The van der Waals surface area contributed by atoms with Crippen LogP contribution in [-0.4, -0.2) is 52.5 Å². The Labute approximate surface area is 371 Å². The van der Waals surface area contributed by atoms with Crippen LogP contribution < -0.4 is 0 Å². The zero-order valence-corrected chi connectivity index (χ0v) is 42.9. The van der Waals surface area contributed by atoms with Crippen LogP contribution in [-0.2, 0) is 26.6 Å². The summed E-state index contributed by atoms with van der Waals surface area (Å²) in [7, 11) is -16.7. The van der Waals surface area contributed by atoms with Gasteiger partial charge in [-0.05, 0) is 116 Å². The van der Waals surface area contributed by atoms with Gasteiger partial charge in [-0.3, -0.25) is 0 Å². The van der Waals surface area contributed by atoms with E-state index in [1.54, 1.807) is 0 Å². The van der Waals surface area contributed by atoms with Crippen molar-refractivity contribution in [3.63, 3.8) is 0 Å². The molecule has 60 heavy (non-hydrogen) atoms. The van der Waals surface area contributed by atoms with Gasteiger partial charge in [0.05, 0.1) is 10.1 Å². The van der Waals surface area contributed by atoms with Gasteiger partial charge in [0.25, 0.3) is 0 Å². The second-order valence-corrected chi connectivity index (χ2v) is 39.8. The Kier molecular flexibility index (Phi) is 15.4. The van der Waals surface area contributed by atoms with Gasteiger partial charge in [0.15, 0.2) is 0 Å². The molecule has 8 saturated carbocycles. The lowest BCUT2D eigenvalue weighted by Gasteiger charge is -2.65. The summed E-state index contributed by atoms with van der Waals surface area (Å²) < 4.78 is 75.1. The molecular formula is C48H87O7SSi4-. The maximum atomic E-state index is 12.7. The summed E-state index contributed by atoms with van der Waals surface area (Å²) in [5, 5.41) is -0.762. The number of hydrogen-bond donors (Lipinski definition) is 0. The minimum absolute atomic E-state index is 0.224. The van der Waals surface area contributed by atoms with E-state index in [-0.39, 0.29) is 5.54 Å². The number of rotatable bonds is 9. The fourth-order valence-corrected chi connectivity index (χ4v) is 50.0. The Hall–Kier alpha value is 0.618. The molecule has 0 atom stereocenters. The Bertz CT molecular complexity index is 1340. The Morgan fingerprint density at radius 1 is 0.267 bits per heavy atom. The Morgan fingerprint density at radius 3 is 0.600 bits per heavy atom. The lowest BCUT2D eigenvalue weighted by Crippen LogP contribution is -2.77. The minimum atomic E-state index is -4.33. The Morgan fingerprint density at radius 2 is 0.433 bits per heavy atom. The zero-order valence-electron chi connectivity index (χ0n) is 38.0. The maximum absolute atomic E-state index is 12.7. The van der Waals surface area contributed by atoms with E-state index in [1.165, 1.54) is 225 Å². The lowest BCUT2D eigenvalue weighted by molar-refractivity contribution is 0.133. The highest BCUT2D eigenvalue weighted by molar-refractivity contribution is 7.86. The highest BCUT2D eigenvalue weighted by Gasteiger charge is 2.74. The average Bonchev–Trinajstić information content (AvgIpc) is 3.31. The fourth-order valence-electron chi connectivity index (χ4n) is 16.0. The van der Waals surface area contributed by atoms with Gasteiger partial charge in [-0.1, -0.05) is 135 Å². The lowest BCUT2D eigenvalue weighted by atomic mass is 9.99. The molecule has 0 bridgehead atoms. The molecule has 0 radical (unpaired) electrons. The third-order valence-electron chi connectivity index (χ3n) is 19.1. The van der Waals surface area contributed by atoms with E-state index in [1.807, 2.05) is 0 Å². The first-order valence-electron chi connectivity index (χ1n) is 27.0. The van der Waals surface area contributed by atoms with Crippen molar-refractivity contribution in [2.75, 3.05) is 0 Å². The molecule has 1 aliphatic heterocycles. The molecule has 0 unspecified atom stereocenters. The highest BCUT2D eigenvalue weighted by atomic mass is 32.2. The van der Waals surface area contributed by atoms with Gasteiger partial charge in [0.2, 0.25) is 0 Å². The summed E-state index contributed by atoms with van der Waals surface area (Å²) in [6, 6.07) is 0. The quantitative estimate of drug-likeness (QED) is 0.168. The summed E-state index contributed by atoms with van der Waals surface area (Å²) in [6.45, 7) is 0. The van der Waals surface area contributed by atoms with E-state index < -0.39 is 49.6 Å². The normalized spacial score (nSPS) is 34.4. The summed E-state index contributed by atoms with van der Waals surface area (Å²) in [5.41, 5.74) is 3.78. The van der Waals surface area contributed by atoms with E-state index in [9.17, 15) is 29.4 Å². The SMILES string of the molecule is O=S(=O)([O-])C1CCC([Si]2(C3CCCCC3)O[Si](C3CCCCC3)(C3CCCCC3)O[Si](C3CCCCC3)(C3CCCCC3)O[Si](C3CCCCC3)(C3CCCCC3)O2)CC1. The minimum Gasteiger partial charge on any atom is -0.748 e. The zero-order chi connectivity index (χ0) is 41.1. The van der Waals surface area contributed by atoms with Crippen molar-refractivity contribution in [1.82, 2.24) is 0 Å². The second kappa shape index (κ2) is 20.2. The van der Waals surface area contributed by atoms with Gasteiger partial charge in [-0.15, -0.1) is 0 Å². The van der Waals surface area contributed by atoms with Gasteiger partial charge < -0.3 is 21.0 Å². The van der Waals surface area contributed by atoms with E-state index in [2.05, 4.69) is 0 Å². The van der Waals surface area contributed by atoms with Gasteiger partial charge in [0, 0.05) is 49.6 Å². The van der Waals surface area contributed by atoms with Gasteiger partial charge >= 0.3 is 34.2 Å².